The first-order chi connectivity index (χ1) is 17.3. The summed E-state index contributed by atoms with van der Waals surface area (Å²) in [6, 6.07) is 9.98. The minimum atomic E-state index is -0.962. The lowest BCUT2D eigenvalue weighted by Crippen LogP contribution is -2.31. The number of amides is 1. The van der Waals surface area contributed by atoms with Gasteiger partial charge in [-0.1, -0.05) is 12.1 Å². The van der Waals surface area contributed by atoms with Crippen molar-refractivity contribution in [3.8, 4) is 5.75 Å². The number of rotatable bonds is 7. The first-order valence-corrected chi connectivity index (χ1v) is 11.6. The molecule has 3 aromatic rings. The molecule has 10 heteroatoms. The lowest BCUT2D eigenvalue weighted by molar-refractivity contribution is -0.384. The predicted octanol–water partition coefficient (Wildman–Crippen LogP) is 3.63. The normalized spacial score (nSPS) is 20.4. The lowest BCUT2D eigenvalue weighted by atomic mass is 9.94. The number of non-ortho nitro benzene ring substituents is 1. The van der Waals surface area contributed by atoms with Crippen LogP contribution >= 0.6 is 0 Å². The van der Waals surface area contributed by atoms with Crippen molar-refractivity contribution in [2.45, 2.75) is 38.5 Å². The zero-order valence-electron chi connectivity index (χ0n) is 19.5. The van der Waals surface area contributed by atoms with Gasteiger partial charge in [-0.3, -0.25) is 19.7 Å². The quantitative estimate of drug-likeness (QED) is 0.177. The Balaban J connectivity index is 1.56. The zero-order chi connectivity index (χ0) is 25.4. The maximum atomic E-state index is 13.2. The molecule has 0 radical (unpaired) electrons. The molecule has 5 rings (SSSR count). The van der Waals surface area contributed by atoms with E-state index in [1.807, 2.05) is 11.5 Å². The van der Waals surface area contributed by atoms with Crippen LogP contribution in [0, 0.1) is 10.1 Å². The number of aromatic nitrogens is 2. The molecule has 10 nitrogen and oxygen atoms in total. The number of aliphatic hydroxyl groups is 1. The second kappa shape index (κ2) is 9.29. The summed E-state index contributed by atoms with van der Waals surface area (Å²) < 4.78 is 7.58. The van der Waals surface area contributed by atoms with Crippen molar-refractivity contribution in [2.75, 3.05) is 6.54 Å². The first kappa shape index (κ1) is 23.3. The van der Waals surface area contributed by atoms with Crippen LogP contribution in [0.25, 0.3) is 5.76 Å². The molecule has 2 aromatic carbocycles. The molecule has 36 heavy (non-hydrogen) atoms. The van der Waals surface area contributed by atoms with Gasteiger partial charge in [0, 0.05) is 49.6 Å². The summed E-state index contributed by atoms with van der Waals surface area (Å²) in [7, 11) is 0. The van der Waals surface area contributed by atoms with E-state index in [1.165, 1.54) is 23.1 Å². The lowest BCUT2D eigenvalue weighted by Gasteiger charge is -2.25. The van der Waals surface area contributed by atoms with Crippen molar-refractivity contribution in [2.24, 2.45) is 0 Å². The van der Waals surface area contributed by atoms with Gasteiger partial charge in [0.15, 0.2) is 0 Å². The third kappa shape index (κ3) is 4.21. The molecule has 0 aliphatic carbocycles. The summed E-state index contributed by atoms with van der Waals surface area (Å²) in [4.78, 5) is 42.6. The number of carbonyl (C=O) groups is 2. The zero-order valence-corrected chi connectivity index (χ0v) is 19.5. The Labute approximate surface area is 206 Å². The van der Waals surface area contributed by atoms with Crippen LogP contribution in [0.2, 0.25) is 0 Å². The number of likely N-dealkylation sites (tertiary alicyclic amines) is 1. The van der Waals surface area contributed by atoms with Crippen molar-refractivity contribution >= 4 is 23.1 Å². The number of nitro benzene ring substituents is 1. The molecule has 1 aromatic heterocycles. The summed E-state index contributed by atoms with van der Waals surface area (Å²) >= 11 is 0. The van der Waals surface area contributed by atoms with E-state index < -0.39 is 22.7 Å². The molecule has 0 saturated carbocycles. The van der Waals surface area contributed by atoms with Crippen LogP contribution < -0.4 is 4.74 Å². The van der Waals surface area contributed by atoms with Gasteiger partial charge >= 0.3 is 0 Å². The van der Waals surface area contributed by atoms with Gasteiger partial charge in [-0.05, 0) is 42.7 Å². The Morgan fingerprint density at radius 2 is 2.06 bits per heavy atom. The molecule has 1 N–H and O–H groups in total. The number of aryl methyl sites for hydroxylation is 1. The van der Waals surface area contributed by atoms with Gasteiger partial charge in [-0.2, -0.15) is 0 Å². The van der Waals surface area contributed by atoms with Crippen LogP contribution in [0.3, 0.4) is 0 Å². The van der Waals surface area contributed by atoms with Crippen LogP contribution in [0.15, 0.2) is 66.8 Å². The van der Waals surface area contributed by atoms with E-state index >= 15 is 0 Å². The van der Waals surface area contributed by atoms with Crippen LogP contribution in [0.1, 0.15) is 36.1 Å². The van der Waals surface area contributed by atoms with E-state index in [4.69, 9.17) is 4.74 Å². The molecule has 1 saturated heterocycles. The van der Waals surface area contributed by atoms with Gasteiger partial charge in [0.05, 0.1) is 22.9 Å². The van der Waals surface area contributed by atoms with Gasteiger partial charge in [-0.25, -0.2) is 4.98 Å². The van der Waals surface area contributed by atoms with E-state index in [1.54, 1.807) is 43.0 Å². The van der Waals surface area contributed by atoms with Crippen molar-refractivity contribution in [1.29, 1.82) is 0 Å². The number of Topliss-reactive ketones (excluding diaryl/α,β-unsaturated/α-hetero) is 1. The highest BCUT2D eigenvalue weighted by molar-refractivity contribution is 6.46. The molecular formula is C26H24N4O6. The number of ether oxygens (including phenoxy) is 1. The van der Waals surface area contributed by atoms with Gasteiger partial charge < -0.3 is 19.3 Å². The Hall–Kier alpha value is -4.47. The van der Waals surface area contributed by atoms with Crippen molar-refractivity contribution in [3.63, 3.8) is 0 Å². The summed E-state index contributed by atoms with van der Waals surface area (Å²) in [6.45, 7) is 2.72. The van der Waals surface area contributed by atoms with Gasteiger partial charge in [-0.15, -0.1) is 0 Å². The van der Waals surface area contributed by atoms with Gasteiger partial charge in [0.1, 0.15) is 17.6 Å². The monoisotopic (exact) mass is 488 g/mol. The third-order valence-corrected chi connectivity index (χ3v) is 6.48. The molecule has 2 aliphatic heterocycles. The van der Waals surface area contributed by atoms with E-state index in [0.717, 1.165) is 5.56 Å². The molecular weight excluding hydrogens is 464 g/mol. The average Bonchev–Trinajstić information content (AvgIpc) is 3.57. The minimum Gasteiger partial charge on any atom is -0.507 e. The third-order valence-electron chi connectivity index (χ3n) is 6.48. The van der Waals surface area contributed by atoms with Crippen LogP contribution in [0.5, 0.6) is 5.75 Å². The molecule has 1 fully saturated rings. The molecule has 2 aliphatic rings. The fourth-order valence-corrected chi connectivity index (χ4v) is 4.83. The number of carbonyl (C=O) groups excluding carboxylic acids is 2. The van der Waals surface area contributed by atoms with E-state index in [-0.39, 0.29) is 29.7 Å². The van der Waals surface area contributed by atoms with Crippen LogP contribution in [0.4, 0.5) is 5.69 Å². The molecule has 1 amide bonds. The summed E-state index contributed by atoms with van der Waals surface area (Å²) in [5.74, 6) is -1.17. The molecule has 2 atom stereocenters. The highest BCUT2D eigenvalue weighted by Crippen LogP contribution is 2.41. The SMILES string of the molecule is C[C@H]1Cc2cc(C(O)=C3C(=O)C(=O)N(CCCn4ccnc4)[C@H]3c3cccc([N+](=O)[O-])c3)ccc2O1. The van der Waals surface area contributed by atoms with Crippen LogP contribution in [-0.2, 0) is 22.6 Å². The number of aliphatic hydroxyl groups excluding tert-OH is 1. The Morgan fingerprint density at radius 3 is 2.81 bits per heavy atom. The van der Waals surface area contributed by atoms with E-state index in [2.05, 4.69) is 4.98 Å². The smallest absolute Gasteiger partial charge is 0.295 e. The highest BCUT2D eigenvalue weighted by Gasteiger charge is 2.46. The Bertz CT molecular complexity index is 1380. The Kier molecular flexibility index (Phi) is 6.01. The first-order valence-electron chi connectivity index (χ1n) is 11.6. The summed E-state index contributed by atoms with van der Waals surface area (Å²) in [5.41, 5.74) is 1.41. The van der Waals surface area contributed by atoms with Crippen molar-refractivity contribution in [1.82, 2.24) is 14.5 Å². The number of hydrogen-bond acceptors (Lipinski definition) is 7. The number of nitrogens with zero attached hydrogens (tertiary/aromatic N) is 4. The number of hydrogen-bond donors (Lipinski definition) is 1. The molecule has 0 spiro atoms. The number of imidazole rings is 1. The molecule has 184 valence electrons. The topological polar surface area (TPSA) is 128 Å². The second-order valence-electron chi connectivity index (χ2n) is 8.95. The van der Waals surface area contributed by atoms with Gasteiger partial charge in [0.25, 0.3) is 17.4 Å². The van der Waals surface area contributed by atoms with Crippen molar-refractivity contribution in [3.05, 3.63) is 93.6 Å². The summed E-state index contributed by atoms with van der Waals surface area (Å²) in [5, 5.41) is 22.7. The Morgan fingerprint density at radius 1 is 1.22 bits per heavy atom. The fraction of sp³-hybridized carbons (Fsp3) is 0.269. The van der Waals surface area contributed by atoms with E-state index in [0.29, 0.717) is 36.3 Å². The maximum Gasteiger partial charge on any atom is 0.295 e. The standard InChI is InChI=1S/C26H24N4O6/c1-16-12-19-13-18(6-7-21(19)36-16)24(31)22-23(17-4-2-5-20(14-17)30(34)35)29(26(33)25(22)32)10-3-9-28-11-8-27-15-28/h2,4-8,11,13-16,23,31H,3,9-10,12H2,1H3/t16-,23-/m0/s1. The minimum absolute atomic E-state index is 0.00309. The maximum absolute atomic E-state index is 13.2. The molecule has 0 bridgehead atoms. The largest absolute Gasteiger partial charge is 0.507 e. The summed E-state index contributed by atoms with van der Waals surface area (Å²) in [6.07, 6.45) is 6.28. The van der Waals surface area contributed by atoms with E-state index in [9.17, 15) is 24.8 Å². The average molecular weight is 489 g/mol. The number of benzene rings is 2. The highest BCUT2D eigenvalue weighted by atomic mass is 16.6. The second-order valence-corrected chi connectivity index (χ2v) is 8.95. The van der Waals surface area contributed by atoms with Crippen LogP contribution in [-0.4, -0.2) is 48.8 Å². The molecule has 0 unspecified atom stereocenters. The predicted molar refractivity (Wildman–Crippen MR) is 129 cm³/mol. The molecule has 3 heterocycles. The van der Waals surface area contributed by atoms with Gasteiger partial charge in [0.2, 0.25) is 0 Å². The number of fused-ring (bicyclic) bond motifs is 1. The number of nitro groups is 1. The number of ketones is 1. The van der Waals surface area contributed by atoms with Crippen molar-refractivity contribution < 1.29 is 24.4 Å². The fourth-order valence-electron chi connectivity index (χ4n) is 4.83.